The lowest BCUT2D eigenvalue weighted by Crippen LogP contribution is -2.35. The smallest absolute Gasteiger partial charge is 0.326 e. The number of hydrogen-bond acceptors (Lipinski definition) is 3. The van der Waals surface area contributed by atoms with Gasteiger partial charge in [0, 0.05) is 18.8 Å². The molecule has 0 fully saturated rings. The lowest BCUT2D eigenvalue weighted by Gasteiger charge is -2.23. The van der Waals surface area contributed by atoms with Gasteiger partial charge in [0.15, 0.2) is 0 Å². The van der Waals surface area contributed by atoms with Crippen LogP contribution in [-0.4, -0.2) is 29.3 Å². The van der Waals surface area contributed by atoms with Gasteiger partial charge in [-0.2, -0.15) is 0 Å². The molecule has 0 bridgehead atoms. The van der Waals surface area contributed by atoms with E-state index in [0.717, 1.165) is 0 Å². The molecule has 1 aromatic rings. The first kappa shape index (κ1) is 10.4. The van der Waals surface area contributed by atoms with Crippen molar-refractivity contribution in [3.63, 3.8) is 0 Å². The molecular weight excluding hydrogens is 182 g/mol. The number of hydrogen-bond donors (Lipinski definition) is 2. The predicted molar refractivity (Wildman–Crippen MR) is 53.6 cm³/mol. The summed E-state index contributed by atoms with van der Waals surface area (Å²) in [7, 11) is 1.67. The molecule has 14 heavy (non-hydrogen) atoms. The molecule has 0 heterocycles. The summed E-state index contributed by atoms with van der Waals surface area (Å²) in [5.41, 5.74) is 0.680. The van der Waals surface area contributed by atoms with Gasteiger partial charge < -0.3 is 15.1 Å². The zero-order valence-electron chi connectivity index (χ0n) is 8.14. The number of phenolic OH excluding ortho intramolecular Hbond substituents is 1. The Morgan fingerprint density at radius 3 is 2.64 bits per heavy atom. The van der Waals surface area contributed by atoms with Crippen molar-refractivity contribution in [1.82, 2.24) is 0 Å². The fourth-order valence-corrected chi connectivity index (χ4v) is 1.10. The minimum atomic E-state index is -0.893. The minimum Gasteiger partial charge on any atom is -0.508 e. The number of rotatable bonds is 3. The summed E-state index contributed by atoms with van der Waals surface area (Å²) in [6.07, 6.45) is 0. The second kappa shape index (κ2) is 4.00. The van der Waals surface area contributed by atoms with Crippen LogP contribution in [0.4, 0.5) is 5.69 Å². The van der Waals surface area contributed by atoms with E-state index >= 15 is 0 Å². The number of carbonyl (C=O) groups is 1. The van der Waals surface area contributed by atoms with E-state index in [0.29, 0.717) is 5.69 Å². The van der Waals surface area contributed by atoms with Crippen LogP contribution in [0, 0.1) is 0 Å². The first-order valence-electron chi connectivity index (χ1n) is 4.27. The maximum Gasteiger partial charge on any atom is 0.326 e. The second-order valence-corrected chi connectivity index (χ2v) is 3.14. The number of aliphatic carboxylic acids is 1. The minimum absolute atomic E-state index is 0.131. The molecule has 0 aliphatic rings. The van der Waals surface area contributed by atoms with Crippen LogP contribution in [0.3, 0.4) is 0 Å². The van der Waals surface area contributed by atoms with E-state index in [1.54, 1.807) is 37.1 Å². The number of nitrogens with zero attached hydrogens (tertiary/aromatic N) is 1. The third kappa shape index (κ3) is 2.16. The molecule has 0 spiro atoms. The van der Waals surface area contributed by atoms with Gasteiger partial charge in [0.2, 0.25) is 0 Å². The van der Waals surface area contributed by atoms with E-state index in [4.69, 9.17) is 5.11 Å². The van der Waals surface area contributed by atoms with Crippen molar-refractivity contribution in [3.05, 3.63) is 24.3 Å². The molecule has 1 rings (SSSR count). The zero-order valence-corrected chi connectivity index (χ0v) is 8.14. The molecule has 0 saturated heterocycles. The molecule has 0 saturated carbocycles. The van der Waals surface area contributed by atoms with Crippen LogP contribution in [0.1, 0.15) is 6.92 Å². The van der Waals surface area contributed by atoms with Crippen LogP contribution in [0.5, 0.6) is 5.75 Å². The Balaban J connectivity index is 2.89. The van der Waals surface area contributed by atoms with E-state index < -0.39 is 12.0 Å². The van der Waals surface area contributed by atoms with Crippen molar-refractivity contribution < 1.29 is 15.0 Å². The van der Waals surface area contributed by atoms with Crippen LogP contribution in [0.25, 0.3) is 0 Å². The van der Waals surface area contributed by atoms with Crippen molar-refractivity contribution in [3.8, 4) is 5.75 Å². The van der Waals surface area contributed by atoms with Crippen LogP contribution in [0.15, 0.2) is 24.3 Å². The third-order valence-electron chi connectivity index (χ3n) is 2.18. The molecule has 4 heteroatoms. The van der Waals surface area contributed by atoms with Crippen LogP contribution >= 0.6 is 0 Å². The molecule has 1 unspecified atom stereocenters. The molecule has 2 N–H and O–H groups in total. The largest absolute Gasteiger partial charge is 0.508 e. The predicted octanol–water partition coefficient (Wildman–Crippen LogP) is 1.30. The Bertz CT molecular complexity index is 338. The van der Waals surface area contributed by atoms with E-state index in [2.05, 4.69) is 0 Å². The molecule has 0 aromatic heterocycles. The topological polar surface area (TPSA) is 60.8 Å². The summed E-state index contributed by atoms with van der Waals surface area (Å²) in [5.74, 6) is -0.761. The van der Waals surface area contributed by atoms with Gasteiger partial charge in [0.25, 0.3) is 0 Å². The van der Waals surface area contributed by atoms with Crippen molar-refractivity contribution in [1.29, 1.82) is 0 Å². The first-order valence-corrected chi connectivity index (χ1v) is 4.27. The fourth-order valence-electron chi connectivity index (χ4n) is 1.10. The van der Waals surface area contributed by atoms with E-state index in [-0.39, 0.29) is 5.75 Å². The number of carboxylic acid groups (broad SMARTS) is 1. The van der Waals surface area contributed by atoms with Crippen molar-refractivity contribution in [2.24, 2.45) is 0 Å². The molecule has 1 aromatic carbocycles. The summed E-state index contributed by atoms with van der Waals surface area (Å²) >= 11 is 0. The SMILES string of the molecule is CC(C(=O)O)N(C)c1cccc(O)c1. The molecule has 1 atom stereocenters. The molecule has 0 radical (unpaired) electrons. The van der Waals surface area contributed by atoms with Crippen molar-refractivity contribution in [2.45, 2.75) is 13.0 Å². The van der Waals surface area contributed by atoms with Crippen LogP contribution in [-0.2, 0) is 4.79 Å². The fraction of sp³-hybridized carbons (Fsp3) is 0.300. The number of benzene rings is 1. The van der Waals surface area contributed by atoms with Gasteiger partial charge in [-0.05, 0) is 19.1 Å². The van der Waals surface area contributed by atoms with Crippen molar-refractivity contribution in [2.75, 3.05) is 11.9 Å². The average Bonchev–Trinajstić information content (AvgIpc) is 2.15. The first-order chi connectivity index (χ1) is 6.52. The number of carboxylic acids is 1. The van der Waals surface area contributed by atoms with Crippen molar-refractivity contribution >= 4 is 11.7 Å². The maximum atomic E-state index is 10.7. The highest BCUT2D eigenvalue weighted by Gasteiger charge is 2.16. The summed E-state index contributed by atoms with van der Waals surface area (Å²) in [5, 5.41) is 18.0. The Morgan fingerprint density at radius 2 is 2.14 bits per heavy atom. The lowest BCUT2D eigenvalue weighted by molar-refractivity contribution is -0.138. The third-order valence-corrected chi connectivity index (χ3v) is 2.18. The molecule has 0 amide bonds. The Hall–Kier alpha value is -1.71. The summed E-state index contributed by atoms with van der Waals surface area (Å²) in [6.45, 7) is 1.59. The number of phenols is 1. The summed E-state index contributed by atoms with van der Waals surface area (Å²) < 4.78 is 0. The quantitative estimate of drug-likeness (QED) is 0.763. The Morgan fingerprint density at radius 1 is 1.50 bits per heavy atom. The van der Waals surface area contributed by atoms with E-state index in [1.165, 1.54) is 6.07 Å². The lowest BCUT2D eigenvalue weighted by atomic mass is 10.2. The molecule has 0 aliphatic heterocycles. The van der Waals surface area contributed by atoms with Crippen LogP contribution in [0.2, 0.25) is 0 Å². The van der Waals surface area contributed by atoms with Gasteiger partial charge in [-0.1, -0.05) is 6.07 Å². The maximum absolute atomic E-state index is 10.7. The van der Waals surface area contributed by atoms with Gasteiger partial charge in [-0.25, -0.2) is 4.79 Å². The molecule has 0 aliphatic carbocycles. The summed E-state index contributed by atoms with van der Waals surface area (Å²) in [4.78, 5) is 12.3. The van der Waals surface area contributed by atoms with E-state index in [9.17, 15) is 9.90 Å². The number of anilines is 1. The molecule has 4 nitrogen and oxygen atoms in total. The normalized spacial score (nSPS) is 12.1. The van der Waals surface area contributed by atoms with Gasteiger partial charge in [0.05, 0.1) is 0 Å². The standard InChI is InChI=1S/C10H13NO3/c1-7(10(13)14)11(2)8-4-3-5-9(12)6-8/h3-7,12H,1-2H3,(H,13,14). The van der Waals surface area contributed by atoms with Gasteiger partial charge in [-0.15, -0.1) is 0 Å². The molecular formula is C10H13NO3. The number of aromatic hydroxyl groups is 1. The van der Waals surface area contributed by atoms with Gasteiger partial charge in [0.1, 0.15) is 11.8 Å². The highest BCUT2D eigenvalue weighted by molar-refractivity contribution is 5.77. The average molecular weight is 195 g/mol. The Kier molecular flexibility index (Phi) is 2.96. The van der Waals surface area contributed by atoms with Gasteiger partial charge >= 0.3 is 5.97 Å². The Labute approximate surface area is 82.4 Å². The monoisotopic (exact) mass is 195 g/mol. The van der Waals surface area contributed by atoms with Crippen LogP contribution < -0.4 is 4.90 Å². The summed E-state index contributed by atoms with van der Waals surface area (Å²) in [6, 6.07) is 5.88. The van der Waals surface area contributed by atoms with Gasteiger partial charge in [-0.3, -0.25) is 0 Å². The highest BCUT2D eigenvalue weighted by Crippen LogP contribution is 2.20. The van der Waals surface area contributed by atoms with E-state index in [1.807, 2.05) is 0 Å². The zero-order chi connectivity index (χ0) is 10.7. The number of likely N-dealkylation sites (N-methyl/N-ethyl adjacent to an activating group) is 1. The molecule has 76 valence electrons. The highest BCUT2D eigenvalue weighted by atomic mass is 16.4. The second-order valence-electron chi connectivity index (χ2n) is 3.14.